The third-order valence-corrected chi connectivity index (χ3v) is 3.99. The number of aliphatic hydroxyl groups is 1. The van der Waals surface area contributed by atoms with Gasteiger partial charge in [0, 0.05) is 16.9 Å². The zero-order valence-electron chi connectivity index (χ0n) is 9.86. The smallest absolute Gasteiger partial charge is 0.112 e. The summed E-state index contributed by atoms with van der Waals surface area (Å²) >= 11 is 3.39. The molecule has 2 aromatic rings. The topological polar surface area (TPSA) is 58.0 Å². The molecule has 0 bridgehead atoms. The summed E-state index contributed by atoms with van der Waals surface area (Å²) in [7, 11) is 0. The molecule has 0 radical (unpaired) electrons. The molecule has 0 atom stereocenters. The Hall–Kier alpha value is -1.20. The van der Waals surface area contributed by atoms with Crippen LogP contribution in [0.15, 0.2) is 29.0 Å². The number of halogens is 1. The number of aliphatic hydroxyl groups excluding tert-OH is 1. The number of hydrogen-bond donors (Lipinski definition) is 2. The maximum absolute atomic E-state index is 9.51. The predicted molar refractivity (Wildman–Crippen MR) is 74.5 cm³/mol. The van der Waals surface area contributed by atoms with Gasteiger partial charge in [-0.05, 0) is 47.3 Å². The monoisotopic (exact) mass is 307 g/mol. The first-order chi connectivity index (χ1) is 8.72. The zero-order chi connectivity index (χ0) is 12.6. The SMILES string of the molecule is OCC1(Nc2ccnc3cc(Br)cnc23)CCC1. The van der Waals surface area contributed by atoms with Gasteiger partial charge in [0.1, 0.15) is 5.52 Å². The van der Waals surface area contributed by atoms with Crippen LogP contribution in [-0.4, -0.2) is 27.2 Å². The van der Waals surface area contributed by atoms with Crippen molar-refractivity contribution in [3.8, 4) is 0 Å². The van der Waals surface area contributed by atoms with Crippen LogP contribution in [0.5, 0.6) is 0 Å². The summed E-state index contributed by atoms with van der Waals surface area (Å²) in [4.78, 5) is 8.71. The van der Waals surface area contributed by atoms with Crippen molar-refractivity contribution in [1.82, 2.24) is 9.97 Å². The molecule has 0 spiro atoms. The van der Waals surface area contributed by atoms with Gasteiger partial charge in [0.05, 0.1) is 23.3 Å². The first-order valence-corrected chi connectivity index (χ1v) is 6.81. The Morgan fingerprint density at radius 2 is 2.22 bits per heavy atom. The van der Waals surface area contributed by atoms with Crippen molar-refractivity contribution in [2.75, 3.05) is 11.9 Å². The molecule has 94 valence electrons. The van der Waals surface area contributed by atoms with Crippen molar-refractivity contribution in [2.24, 2.45) is 0 Å². The maximum atomic E-state index is 9.51. The third-order valence-electron chi connectivity index (χ3n) is 3.56. The molecule has 0 saturated heterocycles. The largest absolute Gasteiger partial charge is 0.394 e. The van der Waals surface area contributed by atoms with E-state index in [4.69, 9.17) is 0 Å². The summed E-state index contributed by atoms with van der Waals surface area (Å²) in [5.41, 5.74) is 2.48. The molecular formula is C13H14BrN3O. The fraction of sp³-hybridized carbons (Fsp3) is 0.385. The van der Waals surface area contributed by atoms with E-state index >= 15 is 0 Å². The van der Waals surface area contributed by atoms with Gasteiger partial charge in [-0.2, -0.15) is 0 Å². The van der Waals surface area contributed by atoms with E-state index in [0.717, 1.165) is 40.5 Å². The molecule has 3 rings (SSSR count). The Labute approximate surface area is 114 Å². The zero-order valence-corrected chi connectivity index (χ0v) is 11.4. The van der Waals surface area contributed by atoms with Gasteiger partial charge in [0.15, 0.2) is 0 Å². The minimum atomic E-state index is -0.164. The molecule has 0 aromatic carbocycles. The summed E-state index contributed by atoms with van der Waals surface area (Å²) in [6, 6.07) is 3.86. The van der Waals surface area contributed by atoms with E-state index in [9.17, 15) is 5.11 Å². The quantitative estimate of drug-likeness (QED) is 0.915. The molecule has 1 fully saturated rings. The van der Waals surface area contributed by atoms with Crippen molar-refractivity contribution in [3.05, 3.63) is 29.0 Å². The number of hydrogen-bond acceptors (Lipinski definition) is 4. The van der Waals surface area contributed by atoms with Crippen LogP contribution in [0.25, 0.3) is 11.0 Å². The Bertz CT molecular complexity index is 578. The second kappa shape index (κ2) is 4.48. The van der Waals surface area contributed by atoms with Crippen molar-refractivity contribution >= 4 is 32.7 Å². The number of nitrogens with one attached hydrogen (secondary N) is 1. The molecular weight excluding hydrogens is 294 g/mol. The van der Waals surface area contributed by atoms with Gasteiger partial charge >= 0.3 is 0 Å². The van der Waals surface area contributed by atoms with Gasteiger partial charge in [-0.1, -0.05) is 0 Å². The van der Waals surface area contributed by atoms with Crippen LogP contribution in [0, 0.1) is 0 Å². The number of fused-ring (bicyclic) bond motifs is 1. The molecule has 5 heteroatoms. The molecule has 0 unspecified atom stereocenters. The molecule has 0 amide bonds. The maximum Gasteiger partial charge on any atom is 0.112 e. The Kier molecular flexibility index (Phi) is 2.95. The Balaban J connectivity index is 2.01. The predicted octanol–water partition coefficient (Wildman–Crippen LogP) is 2.72. The van der Waals surface area contributed by atoms with E-state index in [1.54, 1.807) is 12.4 Å². The third kappa shape index (κ3) is 1.97. The van der Waals surface area contributed by atoms with E-state index < -0.39 is 0 Å². The molecule has 4 nitrogen and oxygen atoms in total. The first-order valence-electron chi connectivity index (χ1n) is 6.02. The van der Waals surface area contributed by atoms with Crippen molar-refractivity contribution in [3.63, 3.8) is 0 Å². The summed E-state index contributed by atoms with van der Waals surface area (Å²) < 4.78 is 0.917. The summed E-state index contributed by atoms with van der Waals surface area (Å²) in [5, 5.41) is 12.9. The summed E-state index contributed by atoms with van der Waals surface area (Å²) in [5.74, 6) is 0. The van der Waals surface area contributed by atoms with E-state index in [-0.39, 0.29) is 12.1 Å². The van der Waals surface area contributed by atoms with Crippen LogP contribution in [0.2, 0.25) is 0 Å². The van der Waals surface area contributed by atoms with Gasteiger partial charge in [-0.25, -0.2) is 0 Å². The highest BCUT2D eigenvalue weighted by molar-refractivity contribution is 9.10. The van der Waals surface area contributed by atoms with E-state index in [2.05, 4.69) is 31.2 Å². The Morgan fingerprint density at radius 3 is 2.89 bits per heavy atom. The molecule has 2 heterocycles. The van der Waals surface area contributed by atoms with Gasteiger partial charge in [0.25, 0.3) is 0 Å². The second-order valence-corrected chi connectivity index (χ2v) is 5.71. The van der Waals surface area contributed by atoms with Crippen molar-refractivity contribution < 1.29 is 5.11 Å². The average molecular weight is 308 g/mol. The fourth-order valence-corrected chi connectivity index (χ4v) is 2.64. The van der Waals surface area contributed by atoms with Crippen LogP contribution in [0.3, 0.4) is 0 Å². The lowest BCUT2D eigenvalue weighted by atomic mass is 9.77. The van der Waals surface area contributed by atoms with Crippen LogP contribution in [0.4, 0.5) is 5.69 Å². The van der Waals surface area contributed by atoms with Gasteiger partial charge in [0.2, 0.25) is 0 Å². The Morgan fingerprint density at radius 1 is 1.39 bits per heavy atom. The number of anilines is 1. The number of pyridine rings is 2. The molecule has 2 N–H and O–H groups in total. The lowest BCUT2D eigenvalue weighted by Crippen LogP contribution is -2.48. The molecule has 1 aliphatic rings. The lowest BCUT2D eigenvalue weighted by molar-refractivity contribution is 0.144. The first kappa shape index (κ1) is 11.9. The number of aromatic nitrogens is 2. The highest BCUT2D eigenvalue weighted by Crippen LogP contribution is 2.36. The molecule has 1 saturated carbocycles. The van der Waals surface area contributed by atoms with Crippen LogP contribution < -0.4 is 5.32 Å². The number of nitrogens with zero attached hydrogens (tertiary/aromatic N) is 2. The lowest BCUT2D eigenvalue weighted by Gasteiger charge is -2.41. The molecule has 2 aromatic heterocycles. The second-order valence-electron chi connectivity index (χ2n) is 4.80. The van der Waals surface area contributed by atoms with Crippen molar-refractivity contribution in [1.29, 1.82) is 0 Å². The van der Waals surface area contributed by atoms with Crippen LogP contribution >= 0.6 is 15.9 Å². The number of rotatable bonds is 3. The van der Waals surface area contributed by atoms with E-state index in [1.807, 2.05) is 12.1 Å². The minimum Gasteiger partial charge on any atom is -0.394 e. The van der Waals surface area contributed by atoms with Gasteiger partial charge < -0.3 is 10.4 Å². The van der Waals surface area contributed by atoms with Crippen LogP contribution in [-0.2, 0) is 0 Å². The molecule has 18 heavy (non-hydrogen) atoms. The summed E-state index contributed by atoms with van der Waals surface area (Å²) in [6.45, 7) is 0.160. The normalized spacial score (nSPS) is 17.4. The van der Waals surface area contributed by atoms with Gasteiger partial charge in [-0.3, -0.25) is 9.97 Å². The minimum absolute atomic E-state index is 0.160. The van der Waals surface area contributed by atoms with Crippen molar-refractivity contribution in [2.45, 2.75) is 24.8 Å². The standard InChI is InChI=1S/C13H14BrN3O/c14-9-6-11-12(16-7-9)10(2-5-15-11)17-13(8-18)3-1-4-13/h2,5-7,18H,1,3-4,8H2,(H,15,17). The van der Waals surface area contributed by atoms with E-state index in [1.165, 1.54) is 0 Å². The average Bonchev–Trinajstić information content (AvgIpc) is 2.33. The summed E-state index contributed by atoms with van der Waals surface area (Å²) in [6.07, 6.45) is 6.70. The highest BCUT2D eigenvalue weighted by atomic mass is 79.9. The van der Waals surface area contributed by atoms with E-state index in [0.29, 0.717) is 0 Å². The molecule has 1 aliphatic carbocycles. The fourth-order valence-electron chi connectivity index (χ4n) is 2.32. The highest BCUT2D eigenvalue weighted by Gasteiger charge is 2.36. The molecule has 0 aliphatic heterocycles. The van der Waals surface area contributed by atoms with Crippen LogP contribution in [0.1, 0.15) is 19.3 Å². The van der Waals surface area contributed by atoms with Gasteiger partial charge in [-0.15, -0.1) is 0 Å².